The normalized spacial score (nSPS) is 20.9. The highest BCUT2D eigenvalue weighted by molar-refractivity contribution is 8.15. The molecule has 1 atom stereocenters. The molecule has 1 saturated heterocycles. The first-order valence-corrected chi connectivity index (χ1v) is 11.6. The first-order chi connectivity index (χ1) is 14.4. The molecule has 1 saturated carbocycles. The lowest BCUT2D eigenvalue weighted by Gasteiger charge is -2.30. The van der Waals surface area contributed by atoms with Crippen molar-refractivity contribution in [3.05, 3.63) is 47.2 Å². The smallest absolute Gasteiger partial charge is 0.239 e. The molecule has 0 bridgehead atoms. The summed E-state index contributed by atoms with van der Waals surface area (Å²) in [6, 6.07) is 7.83. The lowest BCUT2D eigenvalue weighted by atomic mass is 9.76. The van der Waals surface area contributed by atoms with Crippen LogP contribution in [0.4, 0.5) is 0 Å². The fraction of sp³-hybridized carbons (Fsp3) is 0.522. The third-order valence-electron chi connectivity index (χ3n) is 6.11. The Morgan fingerprint density at radius 3 is 2.67 bits per heavy atom. The highest BCUT2D eigenvalue weighted by Gasteiger charge is 2.34. The predicted octanol–water partition coefficient (Wildman–Crippen LogP) is 4.54. The van der Waals surface area contributed by atoms with E-state index in [2.05, 4.69) is 12.2 Å². The van der Waals surface area contributed by atoms with E-state index in [4.69, 9.17) is 19.5 Å². The third kappa shape index (κ3) is 4.72. The summed E-state index contributed by atoms with van der Waals surface area (Å²) in [4.78, 5) is 16.6. The minimum atomic E-state index is -0.223. The first-order valence-electron chi connectivity index (χ1n) is 10.7. The number of thioether (sulfide) groups is 1. The van der Waals surface area contributed by atoms with E-state index >= 15 is 0 Å². The monoisotopic (exact) mass is 427 g/mol. The molecule has 1 unspecified atom stereocenters. The maximum Gasteiger partial charge on any atom is 0.239 e. The molecule has 7 heteroatoms. The van der Waals surface area contributed by atoms with Gasteiger partial charge >= 0.3 is 0 Å². The number of rotatable bonds is 7. The summed E-state index contributed by atoms with van der Waals surface area (Å²) in [5, 5.41) is 10.1. The van der Waals surface area contributed by atoms with E-state index in [0.29, 0.717) is 19.4 Å². The van der Waals surface area contributed by atoms with Crippen molar-refractivity contribution in [2.24, 2.45) is 0 Å². The zero-order chi connectivity index (χ0) is 21.1. The number of amides is 1. The maximum atomic E-state index is 11.8. The van der Waals surface area contributed by atoms with Gasteiger partial charge in [-0.2, -0.15) is 0 Å². The number of aromatic nitrogens is 1. The fourth-order valence-electron chi connectivity index (χ4n) is 4.22. The summed E-state index contributed by atoms with van der Waals surface area (Å²) < 4.78 is 11.9. The average Bonchev–Trinajstić information content (AvgIpc) is 3.25. The Morgan fingerprint density at radius 2 is 2.00 bits per heavy atom. The van der Waals surface area contributed by atoms with E-state index in [1.165, 1.54) is 31.0 Å². The van der Waals surface area contributed by atoms with Gasteiger partial charge in [-0.3, -0.25) is 10.2 Å². The second-order valence-electron chi connectivity index (χ2n) is 8.51. The Morgan fingerprint density at radius 1 is 1.27 bits per heavy atom. The number of ether oxygens (including phenoxy) is 1. The Hall–Kier alpha value is -2.28. The standard InChI is InChI=1S/C23H29N3O3S/c1-15-18(25-21(29-15)23(2)11-4-3-5-12-23)10-13-28-17-8-6-16(7-9-17)14-19-20(27)26-22(24)30-19/h6-9,19H,3-5,10-14H2,1-2H3,(H2,24,26,27). The molecule has 1 aromatic carbocycles. The number of hydrogen-bond donors (Lipinski definition) is 2. The van der Waals surface area contributed by atoms with Crippen molar-refractivity contribution >= 4 is 22.8 Å². The molecule has 160 valence electrons. The molecule has 2 aromatic rings. The summed E-state index contributed by atoms with van der Waals surface area (Å²) in [7, 11) is 0. The number of oxazole rings is 1. The molecule has 2 heterocycles. The predicted molar refractivity (Wildman–Crippen MR) is 118 cm³/mol. The van der Waals surface area contributed by atoms with Crippen LogP contribution in [0.3, 0.4) is 0 Å². The largest absolute Gasteiger partial charge is 0.493 e. The van der Waals surface area contributed by atoms with Crippen LogP contribution in [0.5, 0.6) is 5.75 Å². The van der Waals surface area contributed by atoms with Crippen LogP contribution < -0.4 is 10.1 Å². The lowest BCUT2D eigenvalue weighted by Crippen LogP contribution is -2.25. The van der Waals surface area contributed by atoms with E-state index in [-0.39, 0.29) is 21.7 Å². The molecule has 2 N–H and O–H groups in total. The van der Waals surface area contributed by atoms with E-state index in [0.717, 1.165) is 41.5 Å². The molecule has 1 amide bonds. The van der Waals surface area contributed by atoms with Gasteiger partial charge in [0.15, 0.2) is 5.17 Å². The number of nitrogens with one attached hydrogen (secondary N) is 2. The maximum absolute atomic E-state index is 11.8. The van der Waals surface area contributed by atoms with Gasteiger partial charge in [0.05, 0.1) is 17.6 Å². The summed E-state index contributed by atoms with van der Waals surface area (Å²) in [5.74, 6) is 2.50. The molecule has 4 rings (SSSR count). The highest BCUT2D eigenvalue weighted by atomic mass is 32.2. The zero-order valence-electron chi connectivity index (χ0n) is 17.6. The molecule has 1 aromatic heterocycles. The van der Waals surface area contributed by atoms with Crippen molar-refractivity contribution < 1.29 is 13.9 Å². The van der Waals surface area contributed by atoms with Crippen LogP contribution >= 0.6 is 11.8 Å². The summed E-state index contributed by atoms with van der Waals surface area (Å²) in [6.07, 6.45) is 7.44. The Kier molecular flexibility index (Phi) is 6.18. The fourth-order valence-corrected chi connectivity index (χ4v) is 5.10. The third-order valence-corrected chi connectivity index (χ3v) is 7.11. The Balaban J connectivity index is 1.29. The second-order valence-corrected chi connectivity index (χ2v) is 9.73. The summed E-state index contributed by atoms with van der Waals surface area (Å²) in [6.45, 7) is 4.81. The van der Waals surface area contributed by atoms with Crippen molar-refractivity contribution in [3.8, 4) is 5.75 Å². The van der Waals surface area contributed by atoms with Crippen molar-refractivity contribution in [2.45, 2.75) is 69.5 Å². The molecule has 6 nitrogen and oxygen atoms in total. The Labute approximate surface area is 181 Å². The quantitative estimate of drug-likeness (QED) is 0.677. The van der Waals surface area contributed by atoms with E-state index in [9.17, 15) is 4.79 Å². The topological polar surface area (TPSA) is 88.2 Å². The van der Waals surface area contributed by atoms with Crippen molar-refractivity contribution in [1.82, 2.24) is 10.3 Å². The van der Waals surface area contributed by atoms with Crippen LogP contribution in [-0.4, -0.2) is 27.9 Å². The number of hydrogen-bond acceptors (Lipinski definition) is 6. The Bertz CT molecular complexity index is 916. The van der Waals surface area contributed by atoms with Gasteiger partial charge in [0, 0.05) is 11.8 Å². The second kappa shape index (κ2) is 8.84. The molecular formula is C23H29N3O3S. The number of carbonyl (C=O) groups excluding carboxylic acids is 1. The van der Waals surface area contributed by atoms with Gasteiger partial charge < -0.3 is 14.5 Å². The lowest BCUT2D eigenvalue weighted by molar-refractivity contribution is -0.118. The van der Waals surface area contributed by atoms with Gasteiger partial charge in [0.2, 0.25) is 11.8 Å². The summed E-state index contributed by atoms with van der Waals surface area (Å²) in [5.41, 5.74) is 2.12. The molecule has 2 fully saturated rings. The summed E-state index contributed by atoms with van der Waals surface area (Å²) >= 11 is 1.27. The van der Waals surface area contributed by atoms with Crippen LogP contribution in [0, 0.1) is 12.3 Å². The molecular weight excluding hydrogens is 398 g/mol. The number of benzene rings is 1. The van der Waals surface area contributed by atoms with Gasteiger partial charge in [-0.05, 0) is 43.9 Å². The van der Waals surface area contributed by atoms with Crippen molar-refractivity contribution in [3.63, 3.8) is 0 Å². The minimum absolute atomic E-state index is 0.0743. The number of nitrogens with zero attached hydrogens (tertiary/aromatic N) is 1. The molecule has 1 aliphatic heterocycles. The molecule has 30 heavy (non-hydrogen) atoms. The minimum Gasteiger partial charge on any atom is -0.493 e. The SMILES string of the molecule is Cc1oc(C2(C)CCCCC2)nc1CCOc1ccc(CC2SC(=N)NC2=O)cc1. The van der Waals surface area contributed by atoms with Gasteiger partial charge in [-0.25, -0.2) is 4.98 Å². The van der Waals surface area contributed by atoms with Crippen LogP contribution in [0.1, 0.15) is 61.9 Å². The molecule has 1 aliphatic carbocycles. The molecule has 2 aliphatic rings. The van der Waals surface area contributed by atoms with E-state index in [1.807, 2.05) is 31.2 Å². The van der Waals surface area contributed by atoms with Gasteiger partial charge in [-0.1, -0.05) is 50.1 Å². The number of amidine groups is 1. The molecule has 0 spiro atoms. The van der Waals surface area contributed by atoms with Crippen molar-refractivity contribution in [1.29, 1.82) is 5.41 Å². The average molecular weight is 428 g/mol. The first kappa shape index (κ1) is 21.0. The number of aryl methyl sites for hydroxylation is 1. The van der Waals surface area contributed by atoms with Crippen LogP contribution in [0.2, 0.25) is 0 Å². The van der Waals surface area contributed by atoms with Crippen LogP contribution in [-0.2, 0) is 23.1 Å². The van der Waals surface area contributed by atoms with Crippen molar-refractivity contribution in [2.75, 3.05) is 6.61 Å². The highest BCUT2D eigenvalue weighted by Crippen LogP contribution is 2.39. The zero-order valence-corrected chi connectivity index (χ0v) is 18.4. The van der Waals surface area contributed by atoms with Gasteiger partial charge in [0.25, 0.3) is 0 Å². The molecule has 0 radical (unpaired) electrons. The van der Waals surface area contributed by atoms with Gasteiger partial charge in [0.1, 0.15) is 11.5 Å². The van der Waals surface area contributed by atoms with Crippen LogP contribution in [0.25, 0.3) is 0 Å². The van der Waals surface area contributed by atoms with E-state index in [1.54, 1.807) is 0 Å². The van der Waals surface area contributed by atoms with E-state index < -0.39 is 0 Å². The van der Waals surface area contributed by atoms with Gasteiger partial charge in [-0.15, -0.1) is 0 Å². The van der Waals surface area contributed by atoms with Crippen LogP contribution in [0.15, 0.2) is 28.7 Å². The number of carbonyl (C=O) groups is 1.